The maximum absolute atomic E-state index is 10.9. The lowest BCUT2D eigenvalue weighted by atomic mass is 10.1. The van der Waals surface area contributed by atoms with Crippen molar-refractivity contribution in [2.75, 3.05) is 270 Å². The second-order valence-corrected chi connectivity index (χ2v) is 33.0. The van der Waals surface area contributed by atoms with Crippen LogP contribution in [-0.4, -0.2) is 405 Å². The Labute approximate surface area is 683 Å². The number of hydrogen-bond acceptors (Lipinski definition) is 26. The molecule has 39 heteroatoms. The number of likely N-dealkylation sites (tertiary alicyclic amines) is 1. The Hall–Kier alpha value is -6.59. The predicted octanol–water partition coefficient (Wildman–Crippen LogP) is 1.31. The van der Waals surface area contributed by atoms with Crippen molar-refractivity contribution in [2.45, 2.75) is 142 Å². The summed E-state index contributed by atoms with van der Waals surface area (Å²) >= 11 is 0. The number of methoxy groups -OCH3 is 3. The Kier molecular flexibility index (Phi) is 87.1. The molecule has 6 aliphatic heterocycles. The third-order valence-corrected chi connectivity index (χ3v) is 18.8. The zero-order valence-corrected chi connectivity index (χ0v) is 77.0. The third kappa shape index (κ3) is 101. The van der Waals surface area contributed by atoms with Crippen molar-refractivity contribution >= 4 is 100.0 Å². The van der Waals surface area contributed by atoms with Crippen LogP contribution in [0.5, 0.6) is 0 Å². The van der Waals surface area contributed by atoms with Gasteiger partial charge in [0.25, 0.3) is 0 Å². The number of nitrogens with zero attached hydrogens (tertiary/aromatic N) is 12. The Balaban J connectivity index is -0.000000176. The molecule has 0 unspecified atom stereocenters. The molecule has 0 atom stereocenters. The van der Waals surface area contributed by atoms with Crippen molar-refractivity contribution in [3.8, 4) is 0 Å². The number of ether oxygens (including phenoxy) is 4. The molecule has 0 spiro atoms. The summed E-state index contributed by atoms with van der Waals surface area (Å²) in [5.41, 5.74) is 11.9. The van der Waals surface area contributed by atoms with Crippen LogP contribution < -0.4 is 32.7 Å². The number of hydrogen-bond donors (Lipinski definition) is 6. The number of likely N-dealkylation sites (N-methyl/N-ethyl adjacent to an activating group) is 4. The van der Waals surface area contributed by atoms with E-state index < -0.39 is 29.5 Å². The van der Waals surface area contributed by atoms with Crippen LogP contribution in [0.25, 0.3) is 0 Å². The molecule has 0 saturated carbocycles. The van der Waals surface area contributed by atoms with E-state index in [4.69, 9.17) is 25.7 Å². The average molecular weight is 1680 g/mol. The van der Waals surface area contributed by atoms with E-state index in [1.54, 1.807) is 82.8 Å². The Morgan fingerprint density at radius 2 is 1.01 bits per heavy atom. The van der Waals surface area contributed by atoms with E-state index in [9.17, 15) is 63.6 Å². The van der Waals surface area contributed by atoms with E-state index in [-0.39, 0.29) is 83.4 Å². The first-order valence-electron chi connectivity index (χ1n) is 38.4. The fourth-order valence-corrected chi connectivity index (χ4v) is 10.2. The highest BCUT2D eigenvalue weighted by atomic mass is 32.2. The Morgan fingerprint density at radius 1 is 0.566 bits per heavy atom. The van der Waals surface area contributed by atoms with Gasteiger partial charge in [-0.2, -0.15) is 0 Å². The van der Waals surface area contributed by atoms with E-state index in [1.165, 1.54) is 96.5 Å². The van der Waals surface area contributed by atoms with E-state index >= 15 is 0 Å². The van der Waals surface area contributed by atoms with Crippen molar-refractivity contribution in [3.05, 3.63) is 0 Å². The highest BCUT2D eigenvalue weighted by molar-refractivity contribution is 7.91. The number of amides is 8. The van der Waals surface area contributed by atoms with Crippen LogP contribution in [0.3, 0.4) is 0 Å². The first-order chi connectivity index (χ1) is 52.6. The summed E-state index contributed by atoms with van der Waals surface area (Å²) in [5, 5.41) is 11.2. The van der Waals surface area contributed by atoms with Crippen LogP contribution in [0.2, 0.25) is 0 Å². The van der Waals surface area contributed by atoms with Gasteiger partial charge in [0.2, 0.25) is 47.3 Å². The molecule has 8 N–H and O–H groups in total. The van der Waals surface area contributed by atoms with Gasteiger partial charge in [-0.1, -0.05) is 13.8 Å². The fourth-order valence-electron chi connectivity index (χ4n) is 7.94. The van der Waals surface area contributed by atoms with Crippen LogP contribution in [0.4, 0.5) is 0 Å². The molecule has 6 heterocycles. The first-order valence-corrected chi connectivity index (χ1v) is 44.4. The van der Waals surface area contributed by atoms with Gasteiger partial charge >= 0.3 is 0 Å². The minimum Gasteiger partial charge on any atom is -0.388 e. The monoisotopic (exact) mass is 1680 g/mol. The molecule has 6 aliphatic rings. The number of aliphatic imine (C=N–C) groups is 4. The molecule has 4 saturated heterocycles. The topological polar surface area (TPSA) is 451 Å². The van der Waals surface area contributed by atoms with Gasteiger partial charge in [-0.05, 0) is 80.3 Å². The molecule has 0 bridgehead atoms. The molecule has 0 aromatic carbocycles. The molecule has 113 heavy (non-hydrogen) atoms. The number of piperidine rings is 1. The van der Waals surface area contributed by atoms with Crippen molar-refractivity contribution in [1.29, 1.82) is 0 Å². The highest BCUT2D eigenvalue weighted by Gasteiger charge is 2.22. The third-order valence-electron chi connectivity index (χ3n) is 15.3. The van der Waals surface area contributed by atoms with E-state index in [1.807, 2.05) is 60.8 Å². The van der Waals surface area contributed by atoms with Gasteiger partial charge in [-0.25, -0.2) is 25.3 Å². The average Bonchev–Trinajstić information content (AvgIpc) is 1.47. The maximum atomic E-state index is 10.9. The minimum absolute atomic E-state index is 0.00653. The molecule has 4 fully saturated rings. The Bertz CT molecular complexity index is 2860. The quantitative estimate of drug-likeness (QED) is 0.0536. The van der Waals surface area contributed by atoms with Gasteiger partial charge in [-0.3, -0.25) is 63.2 Å². The number of morpholine rings is 1. The van der Waals surface area contributed by atoms with Gasteiger partial charge in [-0.15, -0.1) is 0 Å². The van der Waals surface area contributed by atoms with E-state index in [0.717, 1.165) is 123 Å². The zero-order chi connectivity index (χ0) is 89.0. The second kappa shape index (κ2) is 80.6. The number of nitrogens with two attached hydrogens (primary N) is 2. The summed E-state index contributed by atoms with van der Waals surface area (Å²) < 4.78 is 83.3. The lowest BCUT2D eigenvalue weighted by Gasteiger charge is -2.25. The van der Waals surface area contributed by atoms with Crippen molar-refractivity contribution < 1.29 is 82.6 Å². The predicted molar refractivity (Wildman–Crippen MR) is 461 cm³/mol. The molecule has 8 amide bonds. The molecule has 0 aromatic rings. The SMILES string of the molecule is CC.CC(=O)N(C)CCN(C)C.CC(=O)N(C)CCS(C)(=O)=O.CC(=O)N1CCCCC1.CC(=O)N1CCS(=O)(=O)CC1.CC(=O)NCCS(C)(=O)=O.CC1=NCCC1.CC1=NCCN1.CCN=C(C)N.CN=C1CCCN1.COCCN(C)C(C)=O.COCCN(C)C(C)=O.COCCNC(C)=O.NCCN1CCOCC1. The highest BCUT2D eigenvalue weighted by Crippen LogP contribution is 2.08. The number of rotatable bonds is 21. The zero-order valence-electron chi connectivity index (χ0n) is 74.6. The molecule has 0 aliphatic carbocycles. The molecular weight excluding hydrogens is 1530 g/mol. The fraction of sp³-hybridized carbons (Fsp3) is 0.838. The van der Waals surface area contributed by atoms with Crippen LogP contribution in [-0.2, 0) is 86.8 Å². The number of carbonyl (C=O) groups excluding carboxylic acids is 8. The summed E-state index contributed by atoms with van der Waals surface area (Å²) in [6.07, 6.45) is 10.9. The summed E-state index contributed by atoms with van der Waals surface area (Å²) in [7, 11) is 8.82. The number of amidine groups is 3. The first kappa shape index (κ1) is 122. The molecule has 0 aromatic heterocycles. The van der Waals surface area contributed by atoms with Gasteiger partial charge in [0.1, 0.15) is 19.7 Å². The molecular formula is C74H158N18O18S3. The molecule has 0 radical (unpaired) electrons. The standard InChI is InChI=1S/C7H16N2O.C7H13NO.C6H14N2O.C6H11NO3S.C6H13NO3S.2C6H13NO2.C5H10N2.C5H11NO3S.C5H11NO2.C5H9N.C4H8N2.C4H10N2.C2H6/c1-7(10)9(4)6-5-8(2)3;1-7(9)8-5-3-2-4-6-8;7-1-2-8-3-5-9-6-4-8;1-6(8)7-2-4-11(9,10)5-3-7;1-6(8)7(2)4-5-11(3,9)10;2*1-6(8)7(2)4-5-9-3;1-6-5-3-2-4-7-5;1-5(7)6-3-4-10(2,8)9;1-5(7)6-3-4-8-2;1-5-3-2-4-6-5;1-4-5-2-3-6-4;1-3-6-4(2)5;1-2/h5-6H2,1-4H3;2-6H2,1H3;1-7H2;2-5H2,1H3;4-5H2,1-3H3;2*4-5H2,1-3H3;2-4H2,1H3,(H,6,7);3-4H2,1-2H3,(H,6,7);3-4H2,1-2H3,(H,6,7);2-4H2,1H3;2-3H2,1H3,(H,5,6);3H2,1-2H3,(H2,5,6);1-2H3. The smallest absolute Gasteiger partial charge is 0.219 e. The van der Waals surface area contributed by atoms with Gasteiger partial charge in [0.15, 0.2) is 9.84 Å². The lowest BCUT2D eigenvalue weighted by molar-refractivity contribution is -0.130. The van der Waals surface area contributed by atoms with Crippen LogP contribution in [0.15, 0.2) is 20.0 Å². The second-order valence-electron chi connectivity index (χ2n) is 26.2. The number of carbonyl (C=O) groups is 8. The largest absolute Gasteiger partial charge is 0.388 e. The van der Waals surface area contributed by atoms with Gasteiger partial charge < -0.3 is 86.0 Å². The summed E-state index contributed by atoms with van der Waals surface area (Å²) in [6, 6.07) is 0. The van der Waals surface area contributed by atoms with E-state index in [0.29, 0.717) is 58.4 Å². The van der Waals surface area contributed by atoms with Crippen molar-refractivity contribution in [3.63, 3.8) is 0 Å². The maximum Gasteiger partial charge on any atom is 0.219 e. The van der Waals surface area contributed by atoms with Crippen LogP contribution in [0.1, 0.15) is 142 Å². The van der Waals surface area contributed by atoms with Crippen molar-refractivity contribution in [1.82, 2.24) is 60.5 Å². The van der Waals surface area contributed by atoms with E-state index in [2.05, 4.69) is 62.7 Å². The molecule has 670 valence electrons. The van der Waals surface area contributed by atoms with Gasteiger partial charge in [0, 0.05) is 261 Å². The normalized spacial score (nSPS) is 15.1. The molecule has 36 nitrogen and oxygen atoms in total. The summed E-state index contributed by atoms with van der Waals surface area (Å²) in [4.78, 5) is 114. The lowest BCUT2D eigenvalue weighted by Crippen LogP contribution is -2.42. The summed E-state index contributed by atoms with van der Waals surface area (Å²) in [6.45, 7) is 43.1. The summed E-state index contributed by atoms with van der Waals surface area (Å²) in [5.74, 6) is 3.32. The Morgan fingerprint density at radius 3 is 1.28 bits per heavy atom. The van der Waals surface area contributed by atoms with Gasteiger partial charge in [0.05, 0.1) is 80.1 Å². The minimum atomic E-state index is -2.95. The number of nitrogens with one attached hydrogen (secondary N) is 4. The van der Waals surface area contributed by atoms with Crippen molar-refractivity contribution in [2.24, 2.45) is 31.4 Å². The van der Waals surface area contributed by atoms with Crippen LogP contribution in [0, 0.1) is 0 Å². The van der Waals surface area contributed by atoms with Crippen LogP contribution >= 0.6 is 0 Å². The number of sulfone groups is 3. The molecule has 6 rings (SSSR count).